The highest BCUT2D eigenvalue weighted by Gasteiger charge is 2.23. The molecule has 0 radical (unpaired) electrons. The molecule has 8 heteroatoms. The maximum absolute atomic E-state index is 11.9. The maximum Gasteiger partial charge on any atom is 0.304 e. The number of aromatic amines is 1. The zero-order chi connectivity index (χ0) is 13.0. The molecule has 1 aromatic rings. The lowest BCUT2D eigenvalue weighted by Gasteiger charge is -2.33. The van der Waals surface area contributed by atoms with Crippen molar-refractivity contribution < 1.29 is 14.7 Å². The van der Waals surface area contributed by atoms with E-state index in [0.717, 1.165) is 0 Å². The highest BCUT2D eigenvalue weighted by Crippen LogP contribution is 2.05. The van der Waals surface area contributed by atoms with Crippen molar-refractivity contribution >= 4 is 11.9 Å². The number of carbonyl (C=O) groups is 2. The lowest BCUT2D eigenvalue weighted by molar-refractivity contribution is -0.137. The molecule has 0 unspecified atom stereocenters. The van der Waals surface area contributed by atoms with Gasteiger partial charge in [0.2, 0.25) is 5.82 Å². The number of amides is 1. The maximum atomic E-state index is 11.9. The zero-order valence-corrected chi connectivity index (χ0v) is 9.87. The fraction of sp³-hybridized carbons (Fsp3) is 0.600. The Kier molecular flexibility index (Phi) is 3.88. The minimum Gasteiger partial charge on any atom is -0.481 e. The van der Waals surface area contributed by atoms with Crippen LogP contribution >= 0.6 is 0 Å². The number of hydrogen-bond donors (Lipinski definition) is 2. The predicted molar refractivity (Wildman–Crippen MR) is 61.0 cm³/mol. The Labute approximate surface area is 104 Å². The van der Waals surface area contributed by atoms with E-state index in [1.54, 1.807) is 4.90 Å². The Morgan fingerprint density at radius 1 is 1.33 bits per heavy atom. The number of nitrogens with one attached hydrogen (secondary N) is 1. The Balaban J connectivity index is 1.80. The number of piperazine rings is 1. The molecule has 18 heavy (non-hydrogen) atoms. The van der Waals surface area contributed by atoms with E-state index in [0.29, 0.717) is 32.7 Å². The van der Waals surface area contributed by atoms with Gasteiger partial charge in [0.25, 0.3) is 5.91 Å². The predicted octanol–water partition coefficient (Wildman–Crippen LogP) is -0.963. The first-order valence-electron chi connectivity index (χ1n) is 5.75. The summed E-state index contributed by atoms with van der Waals surface area (Å²) in [5.41, 5.74) is 0. The molecule has 0 aliphatic carbocycles. The summed E-state index contributed by atoms with van der Waals surface area (Å²) in [6.07, 6.45) is 1.44. The molecule has 1 fully saturated rings. The van der Waals surface area contributed by atoms with Crippen molar-refractivity contribution in [2.24, 2.45) is 0 Å². The Hall–Kier alpha value is -1.96. The Morgan fingerprint density at radius 2 is 2.06 bits per heavy atom. The second-order valence-corrected chi connectivity index (χ2v) is 4.11. The second kappa shape index (κ2) is 5.58. The molecule has 8 nitrogen and oxygen atoms in total. The van der Waals surface area contributed by atoms with Gasteiger partial charge in [0, 0.05) is 32.7 Å². The lowest BCUT2D eigenvalue weighted by Crippen LogP contribution is -2.49. The van der Waals surface area contributed by atoms with Crippen molar-refractivity contribution in [2.75, 3.05) is 32.7 Å². The van der Waals surface area contributed by atoms with Gasteiger partial charge in [-0.05, 0) is 0 Å². The minimum atomic E-state index is -0.796. The van der Waals surface area contributed by atoms with Crippen LogP contribution in [0.3, 0.4) is 0 Å². The topological polar surface area (TPSA) is 102 Å². The van der Waals surface area contributed by atoms with Gasteiger partial charge < -0.3 is 10.0 Å². The number of carboxylic acids is 1. The molecule has 1 amide bonds. The molecule has 0 saturated carbocycles. The number of nitrogens with zero attached hydrogens (tertiary/aromatic N) is 4. The van der Waals surface area contributed by atoms with E-state index in [-0.39, 0.29) is 18.2 Å². The van der Waals surface area contributed by atoms with Gasteiger partial charge in [-0.3, -0.25) is 19.6 Å². The number of rotatable bonds is 4. The standard InChI is InChI=1S/C10H15N5O3/c16-8(17)1-2-14-3-5-15(6-4-14)10(18)9-11-7-12-13-9/h7H,1-6H2,(H,16,17)(H,11,12,13). The van der Waals surface area contributed by atoms with Crippen LogP contribution in [0.2, 0.25) is 0 Å². The Morgan fingerprint density at radius 3 is 2.61 bits per heavy atom. The number of H-pyrrole nitrogens is 1. The molecule has 1 aliphatic rings. The van der Waals surface area contributed by atoms with Crippen LogP contribution in [-0.2, 0) is 4.79 Å². The van der Waals surface area contributed by atoms with Gasteiger partial charge in [0.1, 0.15) is 6.33 Å². The van der Waals surface area contributed by atoms with Gasteiger partial charge in [-0.1, -0.05) is 0 Å². The van der Waals surface area contributed by atoms with Crippen LogP contribution in [0.5, 0.6) is 0 Å². The van der Waals surface area contributed by atoms with E-state index < -0.39 is 5.97 Å². The SMILES string of the molecule is O=C(O)CCN1CCN(C(=O)c2ncn[nH]2)CC1. The first-order chi connectivity index (χ1) is 8.66. The van der Waals surface area contributed by atoms with Crippen molar-refractivity contribution in [1.29, 1.82) is 0 Å². The van der Waals surface area contributed by atoms with Gasteiger partial charge in [0.15, 0.2) is 0 Å². The molecule has 98 valence electrons. The van der Waals surface area contributed by atoms with Crippen LogP contribution in [0.25, 0.3) is 0 Å². The normalized spacial score (nSPS) is 16.8. The summed E-state index contributed by atoms with van der Waals surface area (Å²) < 4.78 is 0. The van der Waals surface area contributed by atoms with Crippen molar-refractivity contribution in [3.8, 4) is 0 Å². The van der Waals surface area contributed by atoms with Crippen LogP contribution in [0, 0.1) is 0 Å². The van der Waals surface area contributed by atoms with E-state index in [4.69, 9.17) is 5.11 Å². The zero-order valence-electron chi connectivity index (χ0n) is 9.87. The third-order valence-corrected chi connectivity index (χ3v) is 2.92. The fourth-order valence-corrected chi connectivity index (χ4v) is 1.89. The highest BCUT2D eigenvalue weighted by atomic mass is 16.4. The summed E-state index contributed by atoms with van der Waals surface area (Å²) in [7, 11) is 0. The summed E-state index contributed by atoms with van der Waals surface area (Å²) in [6, 6.07) is 0. The molecular weight excluding hydrogens is 238 g/mol. The number of carbonyl (C=O) groups excluding carboxylic acids is 1. The summed E-state index contributed by atoms with van der Waals surface area (Å²) >= 11 is 0. The van der Waals surface area contributed by atoms with Gasteiger partial charge in [-0.25, -0.2) is 4.98 Å². The van der Waals surface area contributed by atoms with E-state index >= 15 is 0 Å². The third-order valence-electron chi connectivity index (χ3n) is 2.92. The molecule has 1 aromatic heterocycles. The van der Waals surface area contributed by atoms with Crippen molar-refractivity contribution in [3.05, 3.63) is 12.2 Å². The first-order valence-corrected chi connectivity index (χ1v) is 5.75. The highest BCUT2D eigenvalue weighted by molar-refractivity contribution is 5.90. The molecular formula is C10H15N5O3. The number of hydrogen-bond acceptors (Lipinski definition) is 5. The largest absolute Gasteiger partial charge is 0.481 e. The average molecular weight is 253 g/mol. The summed E-state index contributed by atoms with van der Waals surface area (Å²) in [5.74, 6) is -0.713. The molecule has 0 atom stereocenters. The molecule has 1 aliphatic heterocycles. The van der Waals surface area contributed by atoms with Gasteiger partial charge in [-0.2, -0.15) is 5.10 Å². The molecule has 2 rings (SSSR count). The molecule has 0 spiro atoms. The summed E-state index contributed by atoms with van der Waals surface area (Å²) in [4.78, 5) is 29.9. The summed E-state index contributed by atoms with van der Waals surface area (Å²) in [5, 5.41) is 14.8. The van der Waals surface area contributed by atoms with Crippen molar-refractivity contribution in [1.82, 2.24) is 25.0 Å². The lowest BCUT2D eigenvalue weighted by atomic mass is 10.3. The smallest absolute Gasteiger partial charge is 0.304 e. The minimum absolute atomic E-state index is 0.135. The number of carboxylic acid groups (broad SMARTS) is 1. The van der Waals surface area contributed by atoms with E-state index in [9.17, 15) is 9.59 Å². The molecule has 2 heterocycles. The molecule has 0 bridgehead atoms. The average Bonchev–Trinajstić information content (AvgIpc) is 2.90. The first kappa shape index (κ1) is 12.5. The van der Waals surface area contributed by atoms with Gasteiger partial charge in [-0.15, -0.1) is 0 Å². The van der Waals surface area contributed by atoms with Crippen molar-refractivity contribution in [3.63, 3.8) is 0 Å². The second-order valence-electron chi connectivity index (χ2n) is 4.11. The van der Waals surface area contributed by atoms with Crippen LogP contribution in [0.1, 0.15) is 17.0 Å². The van der Waals surface area contributed by atoms with Crippen LogP contribution in [-0.4, -0.2) is 74.7 Å². The van der Waals surface area contributed by atoms with E-state index in [2.05, 4.69) is 15.2 Å². The third kappa shape index (κ3) is 3.04. The van der Waals surface area contributed by atoms with E-state index in [1.807, 2.05) is 4.90 Å². The molecule has 2 N–H and O–H groups in total. The quantitative estimate of drug-likeness (QED) is 0.716. The molecule has 0 aromatic carbocycles. The van der Waals surface area contributed by atoms with Crippen LogP contribution < -0.4 is 0 Å². The van der Waals surface area contributed by atoms with Crippen molar-refractivity contribution in [2.45, 2.75) is 6.42 Å². The van der Waals surface area contributed by atoms with E-state index in [1.165, 1.54) is 6.33 Å². The molecule has 1 saturated heterocycles. The van der Waals surface area contributed by atoms with Gasteiger partial charge >= 0.3 is 5.97 Å². The Bertz CT molecular complexity index is 411. The fourth-order valence-electron chi connectivity index (χ4n) is 1.89. The number of aromatic nitrogens is 3. The summed E-state index contributed by atoms with van der Waals surface area (Å²) in [6.45, 7) is 3.07. The van der Waals surface area contributed by atoms with Crippen LogP contribution in [0.4, 0.5) is 0 Å². The number of aliphatic carboxylic acids is 1. The monoisotopic (exact) mass is 253 g/mol. The van der Waals surface area contributed by atoms with Gasteiger partial charge in [0.05, 0.1) is 6.42 Å². The van der Waals surface area contributed by atoms with Crippen LogP contribution in [0.15, 0.2) is 6.33 Å².